The van der Waals surface area contributed by atoms with Gasteiger partial charge in [-0.1, -0.05) is 29.5 Å². The summed E-state index contributed by atoms with van der Waals surface area (Å²) in [6.45, 7) is 5.99. The third kappa shape index (κ3) is 3.61. The molecule has 0 radical (unpaired) electrons. The van der Waals surface area contributed by atoms with E-state index in [4.69, 9.17) is 4.42 Å². The van der Waals surface area contributed by atoms with Crippen LogP contribution in [0.2, 0.25) is 0 Å². The predicted molar refractivity (Wildman–Crippen MR) is 115 cm³/mol. The molecule has 2 heterocycles. The summed E-state index contributed by atoms with van der Waals surface area (Å²) in [6.07, 6.45) is 0. The summed E-state index contributed by atoms with van der Waals surface area (Å²) in [6, 6.07) is 17.5. The van der Waals surface area contributed by atoms with E-state index in [1.807, 2.05) is 54.6 Å². The number of para-hydroxylation sites is 1. The maximum atomic E-state index is 12.6. The first-order valence-electron chi connectivity index (χ1n) is 9.16. The summed E-state index contributed by atoms with van der Waals surface area (Å²) in [5, 5.41) is 13.5. The number of nitrogens with one attached hydrogen (secondary N) is 1. The van der Waals surface area contributed by atoms with Crippen molar-refractivity contribution in [3.63, 3.8) is 0 Å². The van der Waals surface area contributed by atoms with Crippen LogP contribution in [-0.2, 0) is 0 Å². The molecule has 7 heteroatoms. The molecule has 0 fully saturated rings. The summed E-state index contributed by atoms with van der Waals surface area (Å²) in [7, 11) is 0. The Bertz CT molecular complexity index is 1150. The second-order valence-corrected chi connectivity index (χ2v) is 7.22. The van der Waals surface area contributed by atoms with Gasteiger partial charge in [0.25, 0.3) is 0 Å². The van der Waals surface area contributed by atoms with Crippen molar-refractivity contribution in [3.8, 4) is 10.6 Å². The smallest absolute Gasteiger partial charge is 0.346 e. The van der Waals surface area contributed by atoms with Crippen LogP contribution >= 0.6 is 11.3 Å². The second kappa shape index (κ2) is 7.82. The molecule has 28 heavy (non-hydrogen) atoms. The molecule has 6 nitrogen and oxygen atoms in total. The average molecular weight is 392 g/mol. The van der Waals surface area contributed by atoms with Gasteiger partial charge in [-0.2, -0.15) is 0 Å². The molecule has 0 aliphatic carbocycles. The number of fused-ring (bicyclic) bond motifs is 1. The van der Waals surface area contributed by atoms with Gasteiger partial charge in [0.05, 0.1) is 5.56 Å². The van der Waals surface area contributed by atoms with Gasteiger partial charge in [-0.3, -0.25) is 0 Å². The van der Waals surface area contributed by atoms with Crippen molar-refractivity contribution in [2.75, 3.05) is 23.3 Å². The van der Waals surface area contributed by atoms with Crippen molar-refractivity contribution in [1.82, 2.24) is 10.2 Å². The summed E-state index contributed by atoms with van der Waals surface area (Å²) in [5.74, 6) is 0. The van der Waals surface area contributed by atoms with E-state index in [1.54, 1.807) is 0 Å². The number of benzene rings is 2. The Kier molecular flexibility index (Phi) is 5.08. The summed E-state index contributed by atoms with van der Waals surface area (Å²) < 4.78 is 5.59. The quantitative estimate of drug-likeness (QED) is 0.471. The molecular formula is C21H20N4O2S. The van der Waals surface area contributed by atoms with Crippen molar-refractivity contribution in [1.29, 1.82) is 0 Å². The lowest BCUT2D eigenvalue weighted by molar-refractivity contribution is 0.563. The number of hydrogen-bond acceptors (Lipinski definition) is 7. The van der Waals surface area contributed by atoms with E-state index in [1.165, 1.54) is 11.3 Å². The molecule has 0 atom stereocenters. The monoisotopic (exact) mass is 392 g/mol. The molecule has 142 valence electrons. The Hall–Kier alpha value is -3.19. The van der Waals surface area contributed by atoms with E-state index in [9.17, 15) is 4.79 Å². The minimum absolute atomic E-state index is 0.411. The molecule has 4 aromatic rings. The fourth-order valence-corrected chi connectivity index (χ4v) is 3.83. The van der Waals surface area contributed by atoms with Crippen LogP contribution in [-0.4, -0.2) is 23.3 Å². The fourth-order valence-electron chi connectivity index (χ4n) is 3.06. The van der Waals surface area contributed by atoms with Gasteiger partial charge in [0, 0.05) is 35.9 Å². The molecule has 0 saturated heterocycles. The Labute approximate surface area is 166 Å². The topological polar surface area (TPSA) is 71.3 Å². The molecule has 0 saturated carbocycles. The van der Waals surface area contributed by atoms with Crippen molar-refractivity contribution in [2.24, 2.45) is 0 Å². The van der Waals surface area contributed by atoms with Crippen molar-refractivity contribution in [2.45, 2.75) is 13.8 Å². The predicted octanol–water partition coefficient (Wildman–Crippen LogP) is 4.90. The average Bonchev–Trinajstić information content (AvgIpc) is 3.17. The van der Waals surface area contributed by atoms with Gasteiger partial charge in [-0.25, -0.2) is 4.79 Å². The Balaban J connectivity index is 1.67. The van der Waals surface area contributed by atoms with Crippen LogP contribution in [0.3, 0.4) is 0 Å². The Morgan fingerprint density at radius 1 is 1.04 bits per heavy atom. The van der Waals surface area contributed by atoms with Crippen LogP contribution in [0.5, 0.6) is 0 Å². The lowest BCUT2D eigenvalue weighted by Crippen LogP contribution is -2.21. The third-order valence-corrected chi connectivity index (χ3v) is 5.40. The minimum Gasteiger partial charge on any atom is -0.422 e. The van der Waals surface area contributed by atoms with Crippen molar-refractivity contribution < 1.29 is 4.42 Å². The highest BCUT2D eigenvalue weighted by Crippen LogP contribution is 2.29. The van der Waals surface area contributed by atoms with E-state index < -0.39 is 5.63 Å². The molecule has 0 amide bonds. The molecule has 0 aliphatic rings. The van der Waals surface area contributed by atoms with Crippen LogP contribution in [0.4, 0.5) is 16.5 Å². The molecule has 1 N–H and O–H groups in total. The fraction of sp³-hybridized carbons (Fsp3) is 0.190. The first-order chi connectivity index (χ1) is 13.7. The zero-order valence-electron chi connectivity index (χ0n) is 15.7. The zero-order valence-corrected chi connectivity index (χ0v) is 16.5. The molecule has 2 aromatic carbocycles. The van der Waals surface area contributed by atoms with Gasteiger partial charge in [0.1, 0.15) is 5.58 Å². The van der Waals surface area contributed by atoms with Crippen LogP contribution in [0.25, 0.3) is 21.5 Å². The summed E-state index contributed by atoms with van der Waals surface area (Å²) >= 11 is 1.32. The Morgan fingerprint density at radius 3 is 2.57 bits per heavy atom. The van der Waals surface area contributed by atoms with Gasteiger partial charge in [0.2, 0.25) is 5.13 Å². The van der Waals surface area contributed by atoms with E-state index >= 15 is 0 Å². The Morgan fingerprint density at radius 2 is 1.82 bits per heavy atom. The summed E-state index contributed by atoms with van der Waals surface area (Å²) in [5.41, 5.74) is 2.54. The molecule has 0 unspecified atom stereocenters. The van der Waals surface area contributed by atoms with E-state index in [2.05, 4.69) is 34.3 Å². The zero-order chi connectivity index (χ0) is 19.5. The highest BCUT2D eigenvalue weighted by atomic mass is 32.1. The van der Waals surface area contributed by atoms with Crippen molar-refractivity contribution >= 4 is 38.8 Å². The van der Waals surface area contributed by atoms with Crippen LogP contribution in [0.1, 0.15) is 13.8 Å². The number of anilines is 3. The highest BCUT2D eigenvalue weighted by molar-refractivity contribution is 7.18. The second-order valence-electron chi connectivity index (χ2n) is 6.25. The molecule has 2 aromatic heterocycles. The van der Waals surface area contributed by atoms with E-state index in [-0.39, 0.29) is 0 Å². The van der Waals surface area contributed by atoms with Crippen LogP contribution in [0, 0.1) is 0 Å². The largest absolute Gasteiger partial charge is 0.422 e. The minimum atomic E-state index is -0.411. The summed E-state index contributed by atoms with van der Waals surface area (Å²) in [4.78, 5) is 14.8. The number of rotatable bonds is 6. The number of nitrogens with zero attached hydrogens (tertiary/aromatic N) is 3. The van der Waals surface area contributed by atoms with E-state index in [0.29, 0.717) is 21.3 Å². The maximum Gasteiger partial charge on any atom is 0.346 e. The number of hydrogen-bond donors (Lipinski definition) is 1. The van der Waals surface area contributed by atoms with Crippen molar-refractivity contribution in [3.05, 3.63) is 65.0 Å². The third-order valence-electron chi connectivity index (χ3n) is 4.53. The first kappa shape index (κ1) is 18.2. The highest BCUT2D eigenvalue weighted by Gasteiger charge is 2.14. The molecular weight excluding hydrogens is 372 g/mol. The lowest BCUT2D eigenvalue weighted by atomic mass is 10.1. The number of aromatic nitrogens is 2. The van der Waals surface area contributed by atoms with Gasteiger partial charge in [-0.15, -0.1) is 10.2 Å². The van der Waals surface area contributed by atoms with Gasteiger partial charge < -0.3 is 14.6 Å². The van der Waals surface area contributed by atoms with Gasteiger partial charge in [-0.05, 0) is 44.2 Å². The normalized spacial score (nSPS) is 10.9. The van der Waals surface area contributed by atoms with Crippen LogP contribution < -0.4 is 15.8 Å². The van der Waals surface area contributed by atoms with Gasteiger partial charge in [0.15, 0.2) is 5.01 Å². The van der Waals surface area contributed by atoms with E-state index in [0.717, 1.165) is 29.9 Å². The van der Waals surface area contributed by atoms with Crippen LogP contribution in [0.15, 0.2) is 63.8 Å². The molecule has 0 aliphatic heterocycles. The molecule has 0 spiro atoms. The maximum absolute atomic E-state index is 12.6. The van der Waals surface area contributed by atoms with Gasteiger partial charge >= 0.3 is 5.63 Å². The first-order valence-corrected chi connectivity index (χ1v) is 9.98. The molecule has 4 rings (SSSR count). The lowest BCUT2D eigenvalue weighted by Gasteiger charge is -2.20. The SMILES string of the molecule is CCN(CC)c1ccc2cc(-c3nnc(Nc4ccccc4)s3)c(=O)oc2c1. The molecule has 0 bridgehead atoms. The standard InChI is InChI=1S/C21H20N4O2S/c1-3-25(4-2)16-11-10-14-12-17(20(26)27-18(14)13-16)19-23-24-21(28-19)22-15-8-6-5-7-9-15/h5-13H,3-4H2,1-2H3,(H,22,24).